The number of nitrogens with zero attached hydrogens (tertiary/aromatic N) is 6. The van der Waals surface area contributed by atoms with Crippen LogP contribution in [-0.4, -0.2) is 76.3 Å². The summed E-state index contributed by atoms with van der Waals surface area (Å²) in [6.45, 7) is 5.45. The van der Waals surface area contributed by atoms with Crippen LogP contribution in [0.3, 0.4) is 0 Å². The summed E-state index contributed by atoms with van der Waals surface area (Å²) in [4.78, 5) is 45.8. The fraction of sp³-hybridized carbons (Fsp3) is 0.444. The van der Waals surface area contributed by atoms with Crippen LogP contribution in [-0.2, 0) is 10.2 Å². The van der Waals surface area contributed by atoms with Crippen molar-refractivity contribution in [2.24, 2.45) is 0 Å². The molecule has 0 bridgehead atoms. The topological polar surface area (TPSA) is 94.6 Å². The zero-order chi connectivity index (χ0) is 26.4. The lowest BCUT2D eigenvalue weighted by Gasteiger charge is -2.38. The first-order chi connectivity index (χ1) is 18.4. The molecule has 3 aromatic rings. The second kappa shape index (κ2) is 9.70. The highest BCUT2D eigenvalue weighted by molar-refractivity contribution is 7.16. The summed E-state index contributed by atoms with van der Waals surface area (Å²) in [5.74, 6) is 0.183. The summed E-state index contributed by atoms with van der Waals surface area (Å²) < 4.78 is 15.0. The third-order valence-corrected chi connectivity index (χ3v) is 9.30. The summed E-state index contributed by atoms with van der Waals surface area (Å²) in [6.07, 6.45) is 7.14. The lowest BCUT2D eigenvalue weighted by Crippen LogP contribution is -2.50. The van der Waals surface area contributed by atoms with Crippen molar-refractivity contribution in [2.45, 2.75) is 38.0 Å². The Balaban J connectivity index is 1.24. The molecule has 1 spiro atoms. The number of nitrogens with one attached hydrogen (secondary N) is 1. The minimum atomic E-state index is -0.538. The van der Waals surface area contributed by atoms with Gasteiger partial charge in [-0.15, -0.1) is 11.3 Å². The summed E-state index contributed by atoms with van der Waals surface area (Å²) in [7, 11) is 1.84. The quantitative estimate of drug-likeness (QED) is 0.527. The molecule has 2 aliphatic heterocycles. The average molecular weight is 536 g/mol. The van der Waals surface area contributed by atoms with E-state index in [-0.39, 0.29) is 28.9 Å². The van der Waals surface area contributed by atoms with E-state index in [1.807, 2.05) is 20.0 Å². The Morgan fingerprint density at radius 2 is 1.95 bits per heavy atom. The van der Waals surface area contributed by atoms with E-state index in [1.165, 1.54) is 11.3 Å². The molecule has 38 heavy (non-hydrogen) atoms. The van der Waals surface area contributed by atoms with Crippen LogP contribution in [0.4, 0.5) is 21.8 Å². The number of pyridine rings is 1. The number of carbonyl (C=O) groups excluding carboxylic acids is 2. The molecule has 11 heteroatoms. The number of likely N-dealkylation sites (N-methyl/N-ethyl adjacent to an activating group) is 2. The van der Waals surface area contributed by atoms with Gasteiger partial charge in [0.2, 0.25) is 11.9 Å². The lowest BCUT2D eigenvalue weighted by atomic mass is 9.79. The minimum Gasteiger partial charge on any atom is -0.341 e. The molecule has 6 rings (SSSR count). The monoisotopic (exact) mass is 535 g/mol. The highest BCUT2D eigenvalue weighted by atomic mass is 32.1. The smallest absolute Gasteiger partial charge is 0.254 e. The molecule has 0 atom stereocenters. The predicted molar refractivity (Wildman–Crippen MR) is 144 cm³/mol. The van der Waals surface area contributed by atoms with E-state index in [2.05, 4.69) is 25.2 Å². The standard InChI is InChI=1S/C27H30FN7O2S/c1-3-34-10-11-35(22(36)15-34)17-6-7-21(29-13-17)31-26-30-14-19(28)23(32-26)20-12-18-24(38-20)27(8-4-5-9-27)16-33(2)25(18)37/h6-7,12-14H,3-5,8-11,15-16H2,1-2H3,(H,29,30,31,32). The van der Waals surface area contributed by atoms with Crippen LogP contribution in [0.25, 0.3) is 10.6 Å². The van der Waals surface area contributed by atoms with Gasteiger partial charge in [0.1, 0.15) is 11.5 Å². The van der Waals surface area contributed by atoms with Crippen molar-refractivity contribution in [3.8, 4) is 10.6 Å². The van der Waals surface area contributed by atoms with Crippen molar-refractivity contribution < 1.29 is 14.0 Å². The molecule has 0 radical (unpaired) electrons. The number of halogens is 1. The maximum absolute atomic E-state index is 15.0. The van der Waals surface area contributed by atoms with Gasteiger partial charge in [0, 0.05) is 37.0 Å². The van der Waals surface area contributed by atoms with Crippen LogP contribution >= 0.6 is 11.3 Å². The van der Waals surface area contributed by atoms with Crippen molar-refractivity contribution in [1.82, 2.24) is 24.8 Å². The third kappa shape index (κ3) is 4.33. The fourth-order valence-electron chi connectivity index (χ4n) is 5.90. The zero-order valence-corrected chi connectivity index (χ0v) is 22.4. The van der Waals surface area contributed by atoms with E-state index in [0.29, 0.717) is 35.9 Å². The molecule has 198 valence electrons. The van der Waals surface area contributed by atoms with Crippen LogP contribution in [0, 0.1) is 5.82 Å². The Labute approximate surface area is 224 Å². The normalized spacial score (nSPS) is 19.3. The number of hydrogen-bond donors (Lipinski definition) is 1. The molecule has 9 nitrogen and oxygen atoms in total. The summed E-state index contributed by atoms with van der Waals surface area (Å²) in [5, 5.41) is 3.04. The number of amides is 2. The zero-order valence-electron chi connectivity index (χ0n) is 21.5. The van der Waals surface area contributed by atoms with E-state index < -0.39 is 5.82 Å². The fourth-order valence-corrected chi connectivity index (χ4v) is 7.28. The lowest BCUT2D eigenvalue weighted by molar-refractivity contribution is -0.121. The van der Waals surface area contributed by atoms with Gasteiger partial charge >= 0.3 is 0 Å². The van der Waals surface area contributed by atoms with Gasteiger partial charge in [-0.2, -0.15) is 0 Å². The predicted octanol–water partition coefficient (Wildman–Crippen LogP) is 4.05. The molecule has 3 aromatic heterocycles. The van der Waals surface area contributed by atoms with Crippen molar-refractivity contribution in [1.29, 1.82) is 0 Å². The number of anilines is 3. The summed E-state index contributed by atoms with van der Waals surface area (Å²) in [6, 6.07) is 5.37. The summed E-state index contributed by atoms with van der Waals surface area (Å²) >= 11 is 1.48. The van der Waals surface area contributed by atoms with Crippen molar-refractivity contribution in [2.75, 3.05) is 50.0 Å². The maximum Gasteiger partial charge on any atom is 0.254 e. The number of fused-ring (bicyclic) bond motifs is 2. The van der Waals surface area contributed by atoms with Gasteiger partial charge in [-0.3, -0.25) is 14.5 Å². The Kier molecular flexibility index (Phi) is 6.35. The molecular weight excluding hydrogens is 505 g/mol. The molecule has 1 N–H and O–H groups in total. The van der Waals surface area contributed by atoms with Crippen LogP contribution in [0.15, 0.2) is 30.6 Å². The van der Waals surface area contributed by atoms with Gasteiger partial charge in [0.25, 0.3) is 5.91 Å². The molecule has 3 aliphatic rings. The Morgan fingerprint density at radius 3 is 2.66 bits per heavy atom. The van der Waals surface area contributed by atoms with E-state index in [1.54, 1.807) is 28.1 Å². The molecule has 1 aliphatic carbocycles. The average Bonchev–Trinajstić information content (AvgIpc) is 3.58. The number of aromatic nitrogens is 3. The number of piperazine rings is 1. The Bertz CT molecular complexity index is 1390. The third-order valence-electron chi connectivity index (χ3n) is 7.92. The maximum atomic E-state index is 15.0. The van der Waals surface area contributed by atoms with E-state index >= 15 is 0 Å². The molecule has 2 amide bonds. The van der Waals surface area contributed by atoms with E-state index in [9.17, 15) is 14.0 Å². The number of hydrogen-bond acceptors (Lipinski definition) is 8. The molecule has 0 unspecified atom stereocenters. The second-order valence-electron chi connectivity index (χ2n) is 10.3. The SMILES string of the molecule is CCN1CCN(c2ccc(Nc3ncc(F)c(-c4cc5c(s4)C4(CCCC4)CN(C)C5=O)n3)nc2)C(=O)C1. The summed E-state index contributed by atoms with van der Waals surface area (Å²) in [5.41, 5.74) is 1.53. The molecular formula is C27H30FN7O2S. The first-order valence-electron chi connectivity index (χ1n) is 13.1. The van der Waals surface area contributed by atoms with Crippen LogP contribution in [0.1, 0.15) is 47.8 Å². The van der Waals surface area contributed by atoms with Gasteiger partial charge < -0.3 is 15.1 Å². The molecule has 0 aromatic carbocycles. The van der Waals surface area contributed by atoms with Gasteiger partial charge in [-0.25, -0.2) is 19.3 Å². The van der Waals surface area contributed by atoms with Crippen molar-refractivity contribution in [3.05, 3.63) is 46.9 Å². The Morgan fingerprint density at radius 1 is 1.13 bits per heavy atom. The van der Waals surface area contributed by atoms with Gasteiger partial charge in [0.05, 0.1) is 35.1 Å². The van der Waals surface area contributed by atoms with Crippen molar-refractivity contribution in [3.63, 3.8) is 0 Å². The van der Waals surface area contributed by atoms with Gasteiger partial charge in [-0.1, -0.05) is 19.8 Å². The van der Waals surface area contributed by atoms with E-state index in [4.69, 9.17) is 0 Å². The number of rotatable bonds is 5. The second-order valence-corrected chi connectivity index (χ2v) is 11.4. The molecule has 5 heterocycles. The van der Waals surface area contributed by atoms with Crippen LogP contribution in [0.5, 0.6) is 0 Å². The minimum absolute atomic E-state index is 0.0216. The van der Waals surface area contributed by atoms with Crippen LogP contribution in [0.2, 0.25) is 0 Å². The highest BCUT2D eigenvalue weighted by Gasteiger charge is 2.45. The first-order valence-corrected chi connectivity index (χ1v) is 13.9. The molecule has 2 fully saturated rings. The van der Waals surface area contributed by atoms with Crippen molar-refractivity contribution >= 4 is 40.6 Å². The van der Waals surface area contributed by atoms with E-state index in [0.717, 1.165) is 55.5 Å². The number of thiophene rings is 1. The Hall–Kier alpha value is -3.44. The first kappa shape index (κ1) is 24.9. The molecule has 1 saturated carbocycles. The van der Waals surface area contributed by atoms with Gasteiger partial charge in [0.15, 0.2) is 5.82 Å². The van der Waals surface area contributed by atoms with Gasteiger partial charge in [-0.05, 0) is 37.6 Å². The molecule has 1 saturated heterocycles. The highest BCUT2D eigenvalue weighted by Crippen LogP contribution is 2.50. The number of carbonyl (C=O) groups is 2. The largest absolute Gasteiger partial charge is 0.341 e. The van der Waals surface area contributed by atoms with Crippen LogP contribution < -0.4 is 10.2 Å².